The summed E-state index contributed by atoms with van der Waals surface area (Å²) in [5, 5.41) is 4.40. The number of aryl methyl sites for hydroxylation is 1. The summed E-state index contributed by atoms with van der Waals surface area (Å²) in [5.74, 6) is 1.41. The first kappa shape index (κ1) is 14.3. The van der Waals surface area contributed by atoms with E-state index in [1.54, 1.807) is 0 Å². The van der Waals surface area contributed by atoms with E-state index in [1.807, 2.05) is 0 Å². The number of nitrogens with zero attached hydrogens (tertiary/aromatic N) is 1. The first-order chi connectivity index (χ1) is 11.7. The van der Waals surface area contributed by atoms with Gasteiger partial charge in [-0.15, -0.1) is 0 Å². The van der Waals surface area contributed by atoms with E-state index >= 15 is 0 Å². The normalized spacial score (nSPS) is 30.2. The van der Waals surface area contributed by atoms with Crippen LogP contribution in [0.25, 0.3) is 0 Å². The van der Waals surface area contributed by atoms with Crippen LogP contribution in [0.1, 0.15) is 36.4 Å². The lowest BCUT2D eigenvalue weighted by Crippen LogP contribution is -2.69. The number of ether oxygens (including phenoxy) is 1. The van der Waals surface area contributed by atoms with Gasteiger partial charge >= 0.3 is 0 Å². The number of hydrogen-bond donors (Lipinski definition) is 1. The molecule has 24 heavy (non-hydrogen) atoms. The largest absolute Gasteiger partial charge is 0.467 e. The van der Waals surface area contributed by atoms with Gasteiger partial charge in [0, 0.05) is 23.6 Å². The third-order valence-corrected chi connectivity index (χ3v) is 6.09. The molecule has 1 aliphatic carbocycles. The van der Waals surface area contributed by atoms with Crippen LogP contribution in [-0.2, 0) is 0 Å². The van der Waals surface area contributed by atoms with Gasteiger partial charge in [0.15, 0.2) is 10.8 Å². The Kier molecular flexibility index (Phi) is 2.95. The van der Waals surface area contributed by atoms with E-state index in [0.717, 1.165) is 29.4 Å². The molecule has 2 heterocycles. The summed E-state index contributed by atoms with van der Waals surface area (Å²) in [6.45, 7) is 2.14. The SMILES string of the molecule is Cc1ccccc1N1C(=S)N[C@H]2c3ccccc3O[C@@]13CCC[C@@H]23. The number of thiocarbonyl (C=S) groups is 1. The highest BCUT2D eigenvalue weighted by molar-refractivity contribution is 7.80. The highest BCUT2D eigenvalue weighted by Crippen LogP contribution is 2.56. The topological polar surface area (TPSA) is 24.5 Å². The number of nitrogens with one attached hydrogen (secondary N) is 1. The fraction of sp³-hybridized carbons (Fsp3) is 0.350. The van der Waals surface area contributed by atoms with Crippen LogP contribution in [0.5, 0.6) is 5.75 Å². The van der Waals surface area contributed by atoms with Crippen LogP contribution in [0, 0.1) is 12.8 Å². The summed E-state index contributed by atoms with van der Waals surface area (Å²) in [5.41, 5.74) is 3.27. The minimum Gasteiger partial charge on any atom is -0.467 e. The van der Waals surface area contributed by atoms with Gasteiger partial charge < -0.3 is 10.1 Å². The number of rotatable bonds is 1. The molecule has 2 aromatic rings. The zero-order valence-corrected chi connectivity index (χ0v) is 14.5. The summed E-state index contributed by atoms with van der Waals surface area (Å²) < 4.78 is 6.71. The minimum absolute atomic E-state index is 0.255. The second-order valence-corrected chi connectivity index (χ2v) is 7.42. The number of anilines is 1. The molecule has 4 heteroatoms. The van der Waals surface area contributed by atoms with Gasteiger partial charge in [-0.3, -0.25) is 4.90 Å². The lowest BCUT2D eigenvalue weighted by molar-refractivity contribution is -0.00512. The molecule has 2 bridgehead atoms. The summed E-state index contributed by atoms with van der Waals surface area (Å²) in [4.78, 5) is 2.25. The maximum atomic E-state index is 6.71. The highest BCUT2D eigenvalue weighted by atomic mass is 32.1. The second kappa shape index (κ2) is 4.96. The van der Waals surface area contributed by atoms with Crippen molar-refractivity contribution in [1.29, 1.82) is 0 Å². The van der Waals surface area contributed by atoms with E-state index in [4.69, 9.17) is 17.0 Å². The number of para-hydroxylation sites is 2. The lowest BCUT2D eigenvalue weighted by Gasteiger charge is -2.56. The predicted molar refractivity (Wildman–Crippen MR) is 99.3 cm³/mol. The third-order valence-electron chi connectivity index (χ3n) is 5.79. The van der Waals surface area contributed by atoms with E-state index in [1.165, 1.54) is 17.5 Å². The van der Waals surface area contributed by atoms with Gasteiger partial charge in [-0.2, -0.15) is 0 Å². The van der Waals surface area contributed by atoms with Crippen LogP contribution in [-0.4, -0.2) is 10.8 Å². The Morgan fingerprint density at radius 2 is 1.96 bits per heavy atom. The van der Waals surface area contributed by atoms with Crippen molar-refractivity contribution in [2.24, 2.45) is 5.92 Å². The molecule has 3 atom stereocenters. The Hall–Kier alpha value is -2.07. The first-order valence-corrected chi connectivity index (χ1v) is 9.06. The van der Waals surface area contributed by atoms with Crippen molar-refractivity contribution in [1.82, 2.24) is 5.32 Å². The van der Waals surface area contributed by atoms with Gasteiger partial charge in [-0.05, 0) is 49.7 Å². The maximum Gasteiger partial charge on any atom is 0.194 e. The average Bonchev–Trinajstić information content (AvgIpc) is 3.01. The quantitative estimate of drug-likeness (QED) is 0.784. The standard InChI is InChI=1S/C20H20N2OS/c1-13-7-2-4-10-16(13)22-19(24)21-18-14-8-3-5-11-17(14)23-20(22)12-6-9-15(18)20/h2-5,7-8,10-11,15,18H,6,9,12H2,1H3,(H,21,24)/t15-,18-,20+/m0/s1. The minimum atomic E-state index is -0.354. The van der Waals surface area contributed by atoms with Crippen molar-refractivity contribution in [3.63, 3.8) is 0 Å². The Morgan fingerprint density at radius 3 is 2.83 bits per heavy atom. The fourth-order valence-electron chi connectivity index (χ4n) is 4.78. The van der Waals surface area contributed by atoms with Gasteiger partial charge in [0.25, 0.3) is 0 Å². The van der Waals surface area contributed by atoms with Crippen LogP contribution in [0.15, 0.2) is 48.5 Å². The Morgan fingerprint density at radius 1 is 1.17 bits per heavy atom. The molecule has 3 nitrogen and oxygen atoms in total. The zero-order chi connectivity index (χ0) is 16.3. The van der Waals surface area contributed by atoms with Crippen LogP contribution >= 0.6 is 12.2 Å². The van der Waals surface area contributed by atoms with Crippen molar-refractivity contribution in [3.8, 4) is 5.75 Å². The third kappa shape index (κ3) is 1.75. The molecule has 0 unspecified atom stereocenters. The van der Waals surface area contributed by atoms with Crippen molar-refractivity contribution < 1.29 is 4.74 Å². The average molecular weight is 336 g/mol. The van der Waals surface area contributed by atoms with Crippen molar-refractivity contribution in [2.45, 2.75) is 38.0 Å². The Labute approximate surface area is 147 Å². The molecular weight excluding hydrogens is 316 g/mol. The maximum absolute atomic E-state index is 6.71. The molecule has 0 radical (unpaired) electrons. The van der Waals surface area contributed by atoms with Gasteiger partial charge in [-0.1, -0.05) is 36.4 Å². The monoisotopic (exact) mass is 336 g/mol. The molecule has 2 aromatic carbocycles. The van der Waals surface area contributed by atoms with Crippen molar-refractivity contribution in [3.05, 3.63) is 59.7 Å². The van der Waals surface area contributed by atoms with E-state index in [0.29, 0.717) is 5.92 Å². The van der Waals surface area contributed by atoms with Crippen LogP contribution in [0.2, 0.25) is 0 Å². The Bertz CT molecular complexity index is 836. The van der Waals surface area contributed by atoms with Gasteiger partial charge in [0.2, 0.25) is 0 Å². The molecule has 5 rings (SSSR count). The zero-order valence-electron chi connectivity index (χ0n) is 13.7. The van der Waals surface area contributed by atoms with Crippen LogP contribution in [0.3, 0.4) is 0 Å². The molecular formula is C20H20N2OS. The van der Waals surface area contributed by atoms with E-state index in [9.17, 15) is 0 Å². The summed E-state index contributed by atoms with van der Waals surface area (Å²) in [6, 6.07) is 17.1. The van der Waals surface area contributed by atoms with Gasteiger partial charge in [0.1, 0.15) is 5.75 Å². The van der Waals surface area contributed by atoms with Crippen LogP contribution < -0.4 is 15.0 Å². The molecule has 1 saturated heterocycles. The van der Waals surface area contributed by atoms with E-state index < -0.39 is 0 Å². The molecule has 0 aromatic heterocycles. The fourth-order valence-corrected chi connectivity index (χ4v) is 5.16. The number of benzene rings is 2. The van der Waals surface area contributed by atoms with Gasteiger partial charge in [0.05, 0.1) is 6.04 Å². The van der Waals surface area contributed by atoms with Crippen molar-refractivity contribution >= 4 is 23.0 Å². The van der Waals surface area contributed by atoms with E-state index in [2.05, 4.69) is 65.7 Å². The van der Waals surface area contributed by atoms with Gasteiger partial charge in [-0.25, -0.2) is 0 Å². The second-order valence-electron chi connectivity index (χ2n) is 7.03. The molecule has 0 amide bonds. The van der Waals surface area contributed by atoms with Crippen molar-refractivity contribution in [2.75, 3.05) is 4.90 Å². The predicted octanol–water partition coefficient (Wildman–Crippen LogP) is 4.32. The van der Waals surface area contributed by atoms with E-state index in [-0.39, 0.29) is 11.8 Å². The number of hydrogen-bond acceptors (Lipinski definition) is 2. The highest BCUT2D eigenvalue weighted by Gasteiger charge is 2.60. The van der Waals surface area contributed by atoms with Crippen LogP contribution in [0.4, 0.5) is 5.69 Å². The molecule has 2 aliphatic heterocycles. The summed E-state index contributed by atoms with van der Waals surface area (Å²) in [6.07, 6.45) is 3.34. The molecule has 0 spiro atoms. The lowest BCUT2D eigenvalue weighted by atomic mass is 9.80. The molecule has 1 N–H and O–H groups in total. The summed E-state index contributed by atoms with van der Waals surface area (Å²) in [7, 11) is 0. The molecule has 3 aliphatic rings. The Balaban J connectivity index is 1.72. The molecule has 2 fully saturated rings. The molecule has 122 valence electrons. The first-order valence-electron chi connectivity index (χ1n) is 8.65. The smallest absolute Gasteiger partial charge is 0.194 e. The summed E-state index contributed by atoms with van der Waals surface area (Å²) >= 11 is 5.81. The molecule has 1 saturated carbocycles. The number of fused-ring (bicyclic) bond motifs is 2.